The highest BCUT2D eigenvalue weighted by Gasteiger charge is 2.24. The molecule has 0 radical (unpaired) electrons. The Morgan fingerprint density at radius 2 is 2.05 bits per heavy atom. The molecule has 0 atom stereocenters. The number of hydrogen-bond acceptors (Lipinski definition) is 6. The number of aromatic nitrogens is 4. The fraction of sp³-hybridized carbons (Fsp3) is 0.429. The second kappa shape index (κ2) is 6.52. The van der Waals surface area contributed by atoms with Gasteiger partial charge in [-0.1, -0.05) is 0 Å². The Balaban J connectivity index is 1.51. The van der Waals surface area contributed by atoms with E-state index in [-0.39, 0.29) is 17.4 Å². The van der Waals surface area contributed by atoms with E-state index in [1.54, 1.807) is 22.0 Å². The molecule has 1 amide bonds. The van der Waals surface area contributed by atoms with Crippen molar-refractivity contribution in [3.63, 3.8) is 0 Å². The van der Waals surface area contributed by atoms with Crippen molar-refractivity contribution in [3.8, 4) is 5.75 Å². The monoisotopic (exact) mass is 302 g/mol. The summed E-state index contributed by atoms with van der Waals surface area (Å²) in [6, 6.07) is 3.09. The SMILES string of the molecule is O=C(c1ncccc1O)N1CCN(CCn2cncn2)CC1. The second-order valence-corrected chi connectivity index (χ2v) is 5.16. The van der Waals surface area contributed by atoms with Gasteiger partial charge in [-0.3, -0.25) is 14.4 Å². The third-order valence-corrected chi connectivity index (χ3v) is 3.76. The maximum atomic E-state index is 12.3. The van der Waals surface area contributed by atoms with Crippen LogP contribution in [0.1, 0.15) is 10.5 Å². The lowest BCUT2D eigenvalue weighted by Crippen LogP contribution is -2.49. The van der Waals surface area contributed by atoms with Crippen molar-refractivity contribution in [1.82, 2.24) is 29.5 Å². The predicted octanol–water partition coefficient (Wildman–Crippen LogP) is -0.163. The van der Waals surface area contributed by atoms with Crippen LogP contribution in [0.15, 0.2) is 31.0 Å². The van der Waals surface area contributed by atoms with Gasteiger partial charge in [-0.25, -0.2) is 9.97 Å². The van der Waals surface area contributed by atoms with Gasteiger partial charge in [0.15, 0.2) is 5.69 Å². The Kier molecular flexibility index (Phi) is 4.29. The van der Waals surface area contributed by atoms with Gasteiger partial charge < -0.3 is 10.0 Å². The highest BCUT2D eigenvalue weighted by atomic mass is 16.3. The van der Waals surface area contributed by atoms with E-state index in [2.05, 4.69) is 20.0 Å². The molecule has 0 aliphatic carbocycles. The van der Waals surface area contributed by atoms with Gasteiger partial charge in [0.05, 0.1) is 6.54 Å². The summed E-state index contributed by atoms with van der Waals surface area (Å²) in [6.45, 7) is 4.52. The maximum Gasteiger partial charge on any atom is 0.276 e. The molecule has 0 unspecified atom stereocenters. The number of aromatic hydroxyl groups is 1. The third kappa shape index (κ3) is 3.22. The lowest BCUT2D eigenvalue weighted by atomic mass is 10.2. The molecule has 0 saturated carbocycles. The first kappa shape index (κ1) is 14.5. The van der Waals surface area contributed by atoms with Crippen LogP contribution in [0.2, 0.25) is 0 Å². The Bertz CT molecular complexity index is 622. The molecule has 1 fully saturated rings. The van der Waals surface area contributed by atoms with E-state index < -0.39 is 0 Å². The van der Waals surface area contributed by atoms with Crippen LogP contribution in [0, 0.1) is 0 Å². The summed E-state index contributed by atoms with van der Waals surface area (Å²) in [5.41, 5.74) is 0.124. The summed E-state index contributed by atoms with van der Waals surface area (Å²) >= 11 is 0. The van der Waals surface area contributed by atoms with Gasteiger partial charge in [0.25, 0.3) is 5.91 Å². The van der Waals surface area contributed by atoms with E-state index in [1.807, 2.05) is 0 Å². The van der Waals surface area contributed by atoms with Crippen molar-refractivity contribution < 1.29 is 9.90 Å². The second-order valence-electron chi connectivity index (χ2n) is 5.16. The fourth-order valence-corrected chi connectivity index (χ4v) is 2.48. The zero-order valence-corrected chi connectivity index (χ0v) is 12.2. The smallest absolute Gasteiger partial charge is 0.276 e. The first-order valence-corrected chi connectivity index (χ1v) is 7.22. The molecule has 8 nitrogen and oxygen atoms in total. The lowest BCUT2D eigenvalue weighted by molar-refractivity contribution is 0.0623. The van der Waals surface area contributed by atoms with Crippen molar-refractivity contribution in [2.45, 2.75) is 6.54 Å². The lowest BCUT2D eigenvalue weighted by Gasteiger charge is -2.34. The van der Waals surface area contributed by atoms with Gasteiger partial charge in [0, 0.05) is 38.9 Å². The van der Waals surface area contributed by atoms with Gasteiger partial charge in [-0.15, -0.1) is 0 Å². The van der Waals surface area contributed by atoms with Gasteiger partial charge >= 0.3 is 0 Å². The quantitative estimate of drug-likeness (QED) is 0.844. The molecule has 8 heteroatoms. The van der Waals surface area contributed by atoms with Crippen LogP contribution >= 0.6 is 0 Å². The standard InChI is InChI=1S/C14H18N6O2/c21-12-2-1-3-16-13(12)14(22)19-7-4-18(5-8-19)6-9-20-11-15-10-17-20/h1-3,10-11,21H,4-9H2. The zero-order valence-electron chi connectivity index (χ0n) is 12.2. The normalized spacial score (nSPS) is 15.9. The molecule has 2 aromatic rings. The number of pyridine rings is 1. The van der Waals surface area contributed by atoms with E-state index in [0.29, 0.717) is 13.1 Å². The molecule has 116 valence electrons. The van der Waals surface area contributed by atoms with Crippen molar-refractivity contribution in [2.75, 3.05) is 32.7 Å². The highest BCUT2D eigenvalue weighted by Crippen LogP contribution is 2.16. The van der Waals surface area contributed by atoms with Gasteiger partial charge in [-0.2, -0.15) is 5.10 Å². The minimum absolute atomic E-state index is 0.0684. The molecular formula is C14H18N6O2. The first-order chi connectivity index (χ1) is 10.7. The molecule has 3 rings (SSSR count). The number of nitrogens with zero attached hydrogens (tertiary/aromatic N) is 6. The molecule has 1 aliphatic heterocycles. The first-order valence-electron chi connectivity index (χ1n) is 7.22. The van der Waals surface area contributed by atoms with Crippen LogP contribution < -0.4 is 0 Å². The molecule has 0 spiro atoms. The molecule has 1 aliphatic rings. The third-order valence-electron chi connectivity index (χ3n) is 3.76. The molecule has 0 aromatic carbocycles. The summed E-state index contributed by atoms with van der Waals surface area (Å²) < 4.78 is 1.80. The summed E-state index contributed by atoms with van der Waals surface area (Å²) in [5.74, 6) is -0.282. The predicted molar refractivity (Wildman–Crippen MR) is 78.3 cm³/mol. The summed E-state index contributed by atoms with van der Waals surface area (Å²) in [4.78, 5) is 24.2. The number of carbonyl (C=O) groups excluding carboxylic acids is 1. The number of rotatable bonds is 4. The van der Waals surface area contributed by atoms with Crippen molar-refractivity contribution in [1.29, 1.82) is 0 Å². The van der Waals surface area contributed by atoms with E-state index in [9.17, 15) is 9.90 Å². The van der Waals surface area contributed by atoms with Crippen molar-refractivity contribution >= 4 is 5.91 Å². The molecule has 1 saturated heterocycles. The average molecular weight is 302 g/mol. The van der Waals surface area contributed by atoms with Crippen LogP contribution in [0.25, 0.3) is 0 Å². The molecular weight excluding hydrogens is 284 g/mol. The van der Waals surface area contributed by atoms with E-state index in [1.165, 1.54) is 18.6 Å². The van der Waals surface area contributed by atoms with Gasteiger partial charge in [0.1, 0.15) is 18.4 Å². The Morgan fingerprint density at radius 1 is 1.23 bits per heavy atom. The van der Waals surface area contributed by atoms with Crippen LogP contribution in [0.5, 0.6) is 5.75 Å². The van der Waals surface area contributed by atoms with E-state index >= 15 is 0 Å². The van der Waals surface area contributed by atoms with Crippen LogP contribution in [-0.2, 0) is 6.54 Å². The number of carbonyl (C=O) groups is 1. The van der Waals surface area contributed by atoms with Crippen LogP contribution in [0.4, 0.5) is 0 Å². The number of hydrogen-bond donors (Lipinski definition) is 1. The van der Waals surface area contributed by atoms with Crippen molar-refractivity contribution in [2.24, 2.45) is 0 Å². The number of piperazine rings is 1. The van der Waals surface area contributed by atoms with Crippen molar-refractivity contribution in [3.05, 3.63) is 36.7 Å². The Morgan fingerprint density at radius 3 is 2.73 bits per heavy atom. The fourth-order valence-electron chi connectivity index (χ4n) is 2.48. The maximum absolute atomic E-state index is 12.3. The molecule has 0 bridgehead atoms. The molecule has 1 N–H and O–H groups in total. The number of amides is 1. The van der Waals surface area contributed by atoms with Crippen LogP contribution in [0.3, 0.4) is 0 Å². The van der Waals surface area contributed by atoms with E-state index in [0.717, 1.165) is 26.2 Å². The topological polar surface area (TPSA) is 87.4 Å². The van der Waals surface area contributed by atoms with Gasteiger partial charge in [0.2, 0.25) is 0 Å². The summed E-state index contributed by atoms with van der Waals surface area (Å²) in [7, 11) is 0. The summed E-state index contributed by atoms with van der Waals surface area (Å²) in [5, 5.41) is 13.8. The Hall–Kier alpha value is -2.48. The van der Waals surface area contributed by atoms with E-state index in [4.69, 9.17) is 0 Å². The largest absolute Gasteiger partial charge is 0.505 e. The molecule has 3 heterocycles. The minimum atomic E-state index is -0.214. The highest BCUT2D eigenvalue weighted by molar-refractivity contribution is 5.94. The zero-order chi connectivity index (χ0) is 15.4. The Labute approximate surface area is 128 Å². The van der Waals surface area contributed by atoms with Crippen LogP contribution in [-0.4, -0.2) is 73.3 Å². The average Bonchev–Trinajstić information content (AvgIpc) is 3.07. The minimum Gasteiger partial charge on any atom is -0.505 e. The summed E-state index contributed by atoms with van der Waals surface area (Å²) in [6.07, 6.45) is 4.74. The van der Waals surface area contributed by atoms with Gasteiger partial charge in [-0.05, 0) is 12.1 Å². The molecule has 2 aromatic heterocycles. The molecule has 22 heavy (non-hydrogen) atoms.